The molecule has 0 unspecified atom stereocenters. The molecule has 0 bridgehead atoms. The first-order valence-electron chi connectivity index (χ1n) is 7.45. The molecule has 7 heteroatoms. The molecule has 6 nitrogen and oxygen atoms in total. The molecule has 1 aliphatic carbocycles. The molecule has 1 aromatic carbocycles. The lowest BCUT2D eigenvalue weighted by Crippen LogP contribution is -2.22. The van der Waals surface area contributed by atoms with E-state index in [0.717, 1.165) is 34.0 Å². The van der Waals surface area contributed by atoms with Gasteiger partial charge in [0, 0.05) is 28.6 Å². The zero-order valence-corrected chi connectivity index (χ0v) is 13.4. The smallest absolute Gasteiger partial charge is 0.404 e. The number of carboxylic acid groups (broad SMARTS) is 1. The summed E-state index contributed by atoms with van der Waals surface area (Å²) < 4.78 is 5.81. The molecule has 1 aliphatic rings. The van der Waals surface area contributed by atoms with E-state index in [1.54, 1.807) is 6.20 Å². The Kier molecular flexibility index (Phi) is 4.49. The molecule has 0 radical (unpaired) electrons. The van der Waals surface area contributed by atoms with Gasteiger partial charge in [-0.2, -0.15) is 0 Å². The van der Waals surface area contributed by atoms with E-state index >= 15 is 0 Å². The minimum Gasteiger partial charge on any atom is -0.493 e. The van der Waals surface area contributed by atoms with E-state index in [-0.39, 0.29) is 12.0 Å². The predicted octanol–water partition coefficient (Wildman–Crippen LogP) is 2.70. The van der Waals surface area contributed by atoms with Gasteiger partial charge in [0.05, 0.1) is 13.2 Å². The number of ether oxygens (including phenoxy) is 1. The molecule has 122 valence electrons. The minimum atomic E-state index is -1.03. The van der Waals surface area contributed by atoms with Crippen molar-refractivity contribution in [1.82, 2.24) is 10.3 Å². The number of thiazole rings is 1. The SMILES string of the molecule is NCC1(COc2ccc(-c3ncc(CNC(=O)O)s3)cc2)CC1. The average Bonchev–Trinajstić information content (AvgIpc) is 3.20. The highest BCUT2D eigenvalue weighted by molar-refractivity contribution is 7.15. The summed E-state index contributed by atoms with van der Waals surface area (Å²) in [6, 6.07) is 7.78. The van der Waals surface area contributed by atoms with Crippen LogP contribution in [0.5, 0.6) is 5.75 Å². The number of amides is 1. The van der Waals surface area contributed by atoms with Crippen molar-refractivity contribution in [2.24, 2.45) is 11.1 Å². The van der Waals surface area contributed by atoms with E-state index < -0.39 is 6.09 Å². The normalized spacial score (nSPS) is 15.2. The van der Waals surface area contributed by atoms with Gasteiger partial charge in [-0.15, -0.1) is 11.3 Å². The summed E-state index contributed by atoms with van der Waals surface area (Å²) in [7, 11) is 0. The lowest BCUT2D eigenvalue weighted by molar-refractivity contribution is 0.194. The van der Waals surface area contributed by atoms with Gasteiger partial charge in [-0.05, 0) is 37.1 Å². The second-order valence-corrected chi connectivity index (χ2v) is 6.92. The second-order valence-electron chi connectivity index (χ2n) is 5.81. The summed E-state index contributed by atoms with van der Waals surface area (Å²) in [5.41, 5.74) is 6.93. The van der Waals surface area contributed by atoms with Gasteiger partial charge in [-0.25, -0.2) is 9.78 Å². The number of nitrogens with two attached hydrogens (primary N) is 1. The van der Waals surface area contributed by atoms with Crippen molar-refractivity contribution in [2.75, 3.05) is 13.2 Å². The maximum atomic E-state index is 10.5. The van der Waals surface area contributed by atoms with Crippen LogP contribution in [0.1, 0.15) is 17.7 Å². The number of rotatable bonds is 7. The highest BCUT2D eigenvalue weighted by Gasteiger charge is 2.42. The number of nitrogens with zero attached hydrogens (tertiary/aromatic N) is 1. The van der Waals surface area contributed by atoms with Gasteiger partial charge in [0.2, 0.25) is 0 Å². The standard InChI is InChI=1S/C16H19N3O3S/c17-9-16(5-6-16)10-22-12-3-1-11(2-4-12)14-18-7-13(23-14)8-19-15(20)21/h1-4,7,19H,5-6,8-10,17H2,(H,20,21). The van der Waals surface area contributed by atoms with Crippen LogP contribution in [-0.4, -0.2) is 29.3 Å². The summed E-state index contributed by atoms with van der Waals surface area (Å²) in [5, 5.41) is 11.8. The molecule has 4 N–H and O–H groups in total. The zero-order chi connectivity index (χ0) is 16.3. The third kappa shape index (κ3) is 4.00. The topological polar surface area (TPSA) is 97.5 Å². The fourth-order valence-corrected chi connectivity index (χ4v) is 3.06. The highest BCUT2D eigenvalue weighted by Crippen LogP contribution is 2.44. The monoisotopic (exact) mass is 333 g/mol. The Morgan fingerprint density at radius 2 is 2.13 bits per heavy atom. The fourth-order valence-electron chi connectivity index (χ4n) is 2.20. The van der Waals surface area contributed by atoms with E-state index in [4.69, 9.17) is 15.6 Å². The maximum Gasteiger partial charge on any atom is 0.404 e. The number of hydrogen-bond acceptors (Lipinski definition) is 5. The molecule has 1 amide bonds. The van der Waals surface area contributed by atoms with E-state index in [2.05, 4.69) is 10.3 Å². The summed E-state index contributed by atoms with van der Waals surface area (Å²) >= 11 is 1.47. The van der Waals surface area contributed by atoms with E-state index in [1.807, 2.05) is 24.3 Å². The van der Waals surface area contributed by atoms with Crippen molar-refractivity contribution < 1.29 is 14.6 Å². The Bertz CT molecular complexity index is 680. The van der Waals surface area contributed by atoms with Gasteiger partial charge in [-0.3, -0.25) is 0 Å². The molecule has 2 aromatic rings. The van der Waals surface area contributed by atoms with E-state index in [9.17, 15) is 4.79 Å². The number of hydrogen-bond donors (Lipinski definition) is 3. The largest absolute Gasteiger partial charge is 0.493 e. The summed E-state index contributed by atoms with van der Waals surface area (Å²) in [5.74, 6) is 0.831. The first-order chi connectivity index (χ1) is 11.1. The average molecular weight is 333 g/mol. The van der Waals surface area contributed by atoms with Gasteiger partial charge in [-0.1, -0.05) is 0 Å². The third-order valence-electron chi connectivity index (χ3n) is 4.00. The lowest BCUT2D eigenvalue weighted by Gasteiger charge is -2.13. The van der Waals surface area contributed by atoms with Gasteiger partial charge in [0.25, 0.3) is 0 Å². The van der Waals surface area contributed by atoms with Crippen LogP contribution >= 0.6 is 11.3 Å². The Morgan fingerprint density at radius 3 is 2.74 bits per heavy atom. The molecule has 0 spiro atoms. The molecule has 0 atom stereocenters. The Balaban J connectivity index is 1.59. The van der Waals surface area contributed by atoms with Crippen LogP contribution in [-0.2, 0) is 6.54 Å². The van der Waals surface area contributed by atoms with Crippen molar-refractivity contribution in [1.29, 1.82) is 0 Å². The molecule has 1 saturated carbocycles. The van der Waals surface area contributed by atoms with Crippen molar-refractivity contribution in [3.8, 4) is 16.3 Å². The van der Waals surface area contributed by atoms with Crippen LogP contribution in [0.25, 0.3) is 10.6 Å². The van der Waals surface area contributed by atoms with Gasteiger partial charge in [0.15, 0.2) is 0 Å². The summed E-state index contributed by atoms with van der Waals surface area (Å²) in [4.78, 5) is 15.7. The van der Waals surface area contributed by atoms with Gasteiger partial charge < -0.3 is 20.9 Å². The first kappa shape index (κ1) is 15.8. The highest BCUT2D eigenvalue weighted by atomic mass is 32.1. The molecule has 23 heavy (non-hydrogen) atoms. The molecule has 1 fully saturated rings. The maximum absolute atomic E-state index is 10.5. The van der Waals surface area contributed by atoms with Crippen molar-refractivity contribution in [2.45, 2.75) is 19.4 Å². The van der Waals surface area contributed by atoms with Gasteiger partial charge >= 0.3 is 6.09 Å². The molecular weight excluding hydrogens is 314 g/mol. The van der Waals surface area contributed by atoms with Crippen LogP contribution in [0.4, 0.5) is 4.79 Å². The summed E-state index contributed by atoms with van der Waals surface area (Å²) in [6.45, 7) is 1.62. The second kappa shape index (κ2) is 6.55. The van der Waals surface area contributed by atoms with E-state index in [1.165, 1.54) is 11.3 Å². The molecule has 1 aromatic heterocycles. The van der Waals surface area contributed by atoms with Crippen LogP contribution in [0.2, 0.25) is 0 Å². The van der Waals surface area contributed by atoms with Gasteiger partial charge in [0.1, 0.15) is 10.8 Å². The molecule has 0 saturated heterocycles. The van der Waals surface area contributed by atoms with Crippen molar-refractivity contribution >= 4 is 17.4 Å². The van der Waals surface area contributed by atoms with Crippen LogP contribution < -0.4 is 15.8 Å². The summed E-state index contributed by atoms with van der Waals surface area (Å²) in [6.07, 6.45) is 2.95. The van der Waals surface area contributed by atoms with Crippen molar-refractivity contribution in [3.63, 3.8) is 0 Å². The molecular formula is C16H19N3O3S. The quantitative estimate of drug-likeness (QED) is 0.724. The molecule has 1 heterocycles. The van der Waals surface area contributed by atoms with Crippen LogP contribution in [0.15, 0.2) is 30.5 Å². The third-order valence-corrected chi connectivity index (χ3v) is 5.05. The van der Waals surface area contributed by atoms with Crippen LogP contribution in [0, 0.1) is 5.41 Å². The Hall–Kier alpha value is -2.12. The van der Waals surface area contributed by atoms with Crippen molar-refractivity contribution in [3.05, 3.63) is 35.3 Å². The van der Waals surface area contributed by atoms with E-state index in [0.29, 0.717) is 13.2 Å². The number of nitrogens with one attached hydrogen (secondary N) is 1. The molecule has 3 rings (SSSR count). The lowest BCUT2D eigenvalue weighted by atomic mass is 10.1. The van der Waals surface area contributed by atoms with Crippen LogP contribution in [0.3, 0.4) is 0 Å². The predicted molar refractivity (Wildman–Crippen MR) is 88.6 cm³/mol. The first-order valence-corrected chi connectivity index (χ1v) is 8.27. The Morgan fingerprint density at radius 1 is 1.39 bits per heavy atom. The molecule has 0 aliphatic heterocycles. The zero-order valence-electron chi connectivity index (χ0n) is 12.6. The number of carbonyl (C=O) groups is 1. The number of benzene rings is 1. The Labute approximate surface area is 138 Å². The minimum absolute atomic E-state index is 0.194. The fraction of sp³-hybridized carbons (Fsp3) is 0.375. The number of aromatic nitrogens is 1.